The van der Waals surface area contributed by atoms with Crippen LogP contribution in [0, 0.1) is 0 Å². The molecule has 0 amide bonds. The molecular weight excluding hydrogens is 302 g/mol. The first-order valence-electron chi connectivity index (χ1n) is 5.40. The Bertz CT molecular complexity index is 576. The van der Waals surface area contributed by atoms with Gasteiger partial charge in [-0.05, 0) is 33.6 Å². The fourth-order valence-corrected chi connectivity index (χ4v) is 4.36. The highest BCUT2D eigenvalue weighted by atomic mass is 79.9. The standard InChI is InChI=1S/C12H14BrNO2S/c1-8(2)14-7-10-6-9-4-3-5-11(13)12(9)17(10,15)16/h3-6,8,14H,7H2,1-2H3. The first kappa shape index (κ1) is 12.8. The molecule has 1 N–H and O–H groups in total. The summed E-state index contributed by atoms with van der Waals surface area (Å²) in [6, 6.07) is 5.68. The van der Waals surface area contributed by atoms with Crippen molar-refractivity contribution in [1.29, 1.82) is 0 Å². The zero-order valence-electron chi connectivity index (χ0n) is 9.70. The predicted octanol–water partition coefficient (Wildman–Crippen LogP) is 2.58. The van der Waals surface area contributed by atoms with Crippen molar-refractivity contribution in [1.82, 2.24) is 5.32 Å². The first-order valence-corrected chi connectivity index (χ1v) is 7.68. The second kappa shape index (κ2) is 4.55. The molecule has 0 spiro atoms. The largest absolute Gasteiger partial charge is 0.310 e. The summed E-state index contributed by atoms with van der Waals surface area (Å²) < 4.78 is 25.2. The Morgan fingerprint density at radius 1 is 1.35 bits per heavy atom. The number of hydrogen-bond donors (Lipinski definition) is 1. The average Bonchev–Trinajstić information content (AvgIpc) is 2.48. The van der Waals surface area contributed by atoms with Gasteiger partial charge in [0.1, 0.15) is 0 Å². The molecule has 0 saturated carbocycles. The molecule has 17 heavy (non-hydrogen) atoms. The van der Waals surface area contributed by atoms with Crippen LogP contribution in [0.15, 0.2) is 32.5 Å². The van der Waals surface area contributed by atoms with Gasteiger partial charge in [-0.2, -0.15) is 0 Å². The van der Waals surface area contributed by atoms with Crippen LogP contribution in [0.3, 0.4) is 0 Å². The van der Waals surface area contributed by atoms with Crippen LogP contribution in [-0.2, 0) is 9.84 Å². The van der Waals surface area contributed by atoms with Gasteiger partial charge in [0.15, 0.2) is 0 Å². The Morgan fingerprint density at radius 3 is 2.65 bits per heavy atom. The topological polar surface area (TPSA) is 46.2 Å². The normalized spacial score (nSPS) is 17.1. The molecule has 0 aromatic heterocycles. The van der Waals surface area contributed by atoms with E-state index in [2.05, 4.69) is 21.2 Å². The van der Waals surface area contributed by atoms with Crippen LogP contribution in [0.2, 0.25) is 0 Å². The van der Waals surface area contributed by atoms with Crippen LogP contribution in [0.5, 0.6) is 0 Å². The Labute approximate surface area is 110 Å². The van der Waals surface area contributed by atoms with Crippen molar-refractivity contribution in [3.05, 3.63) is 33.1 Å². The highest BCUT2D eigenvalue weighted by molar-refractivity contribution is 9.10. The van der Waals surface area contributed by atoms with Crippen molar-refractivity contribution < 1.29 is 8.42 Å². The molecule has 1 aliphatic heterocycles. The van der Waals surface area contributed by atoms with Crippen LogP contribution >= 0.6 is 15.9 Å². The van der Waals surface area contributed by atoms with E-state index in [-0.39, 0.29) is 6.04 Å². The molecule has 0 saturated heterocycles. The second-order valence-corrected chi connectivity index (χ2v) is 7.10. The van der Waals surface area contributed by atoms with Gasteiger partial charge in [0.05, 0.1) is 9.80 Å². The summed E-state index contributed by atoms with van der Waals surface area (Å²) in [5, 5.41) is 3.13. The summed E-state index contributed by atoms with van der Waals surface area (Å²) >= 11 is 3.30. The summed E-state index contributed by atoms with van der Waals surface area (Å²) in [6.07, 6.45) is 1.74. The zero-order chi connectivity index (χ0) is 12.6. The molecule has 1 aliphatic rings. The van der Waals surface area contributed by atoms with Gasteiger partial charge >= 0.3 is 0 Å². The average molecular weight is 316 g/mol. The lowest BCUT2D eigenvalue weighted by molar-refractivity contribution is 0.593. The van der Waals surface area contributed by atoms with E-state index < -0.39 is 9.84 Å². The van der Waals surface area contributed by atoms with Gasteiger partial charge in [-0.25, -0.2) is 8.42 Å². The number of fused-ring (bicyclic) bond motifs is 1. The number of rotatable bonds is 3. The third-order valence-electron chi connectivity index (χ3n) is 2.61. The lowest BCUT2D eigenvalue weighted by atomic mass is 10.2. The van der Waals surface area contributed by atoms with E-state index in [1.54, 1.807) is 12.1 Å². The molecule has 1 aromatic rings. The van der Waals surface area contributed by atoms with Gasteiger partial charge in [0.2, 0.25) is 9.84 Å². The maximum absolute atomic E-state index is 12.3. The number of benzene rings is 1. The third-order valence-corrected chi connectivity index (χ3v) is 5.48. The summed E-state index contributed by atoms with van der Waals surface area (Å²) in [6.45, 7) is 4.36. The fraction of sp³-hybridized carbons (Fsp3) is 0.333. The van der Waals surface area contributed by atoms with Crippen molar-refractivity contribution in [3.8, 4) is 0 Å². The van der Waals surface area contributed by atoms with Crippen LogP contribution in [0.25, 0.3) is 6.08 Å². The summed E-state index contributed by atoms with van der Waals surface area (Å²) in [4.78, 5) is 0.827. The third kappa shape index (κ3) is 2.32. The Balaban J connectivity index is 2.40. The second-order valence-electron chi connectivity index (χ2n) is 4.31. The number of halogens is 1. The number of sulfone groups is 1. The van der Waals surface area contributed by atoms with Crippen LogP contribution in [0.4, 0.5) is 0 Å². The highest BCUT2D eigenvalue weighted by Gasteiger charge is 2.31. The molecule has 92 valence electrons. The molecule has 0 atom stereocenters. The summed E-state index contributed by atoms with van der Waals surface area (Å²) in [5.41, 5.74) is 0.764. The van der Waals surface area contributed by atoms with Crippen molar-refractivity contribution in [2.24, 2.45) is 0 Å². The molecule has 2 rings (SSSR count). The summed E-state index contributed by atoms with van der Waals surface area (Å²) in [5.74, 6) is 0. The van der Waals surface area contributed by atoms with Crippen LogP contribution in [-0.4, -0.2) is 21.0 Å². The lowest BCUT2D eigenvalue weighted by Gasteiger charge is -2.09. The van der Waals surface area contributed by atoms with E-state index in [4.69, 9.17) is 0 Å². The van der Waals surface area contributed by atoms with Gasteiger partial charge in [-0.1, -0.05) is 26.0 Å². The smallest absolute Gasteiger partial charge is 0.205 e. The van der Waals surface area contributed by atoms with Gasteiger partial charge in [-0.15, -0.1) is 0 Å². The van der Waals surface area contributed by atoms with Crippen molar-refractivity contribution >= 4 is 31.8 Å². The molecule has 0 aliphatic carbocycles. The molecule has 0 bridgehead atoms. The zero-order valence-corrected chi connectivity index (χ0v) is 12.1. The Hall–Kier alpha value is -0.650. The van der Waals surface area contributed by atoms with E-state index in [1.807, 2.05) is 26.0 Å². The molecule has 1 heterocycles. The molecule has 0 fully saturated rings. The van der Waals surface area contributed by atoms with E-state index in [1.165, 1.54) is 0 Å². The molecule has 5 heteroatoms. The SMILES string of the molecule is CC(C)NCC1=Cc2cccc(Br)c2S1(=O)=O. The predicted molar refractivity (Wildman–Crippen MR) is 72.4 cm³/mol. The number of nitrogens with one attached hydrogen (secondary N) is 1. The molecule has 3 nitrogen and oxygen atoms in total. The number of hydrogen-bond acceptors (Lipinski definition) is 3. The fourth-order valence-electron chi connectivity index (χ4n) is 1.76. The minimum Gasteiger partial charge on any atom is -0.310 e. The lowest BCUT2D eigenvalue weighted by Crippen LogP contribution is -2.26. The van der Waals surface area contributed by atoms with Gasteiger partial charge in [0.25, 0.3) is 0 Å². The van der Waals surface area contributed by atoms with Crippen LogP contribution < -0.4 is 5.32 Å². The minimum absolute atomic E-state index is 0.262. The van der Waals surface area contributed by atoms with E-state index in [9.17, 15) is 8.42 Å². The minimum atomic E-state index is -3.32. The van der Waals surface area contributed by atoms with Crippen LogP contribution in [0.1, 0.15) is 19.4 Å². The van der Waals surface area contributed by atoms with Gasteiger partial charge in [0, 0.05) is 17.1 Å². The maximum atomic E-state index is 12.3. The van der Waals surface area contributed by atoms with E-state index in [0.717, 1.165) is 5.56 Å². The Morgan fingerprint density at radius 2 is 2.06 bits per heavy atom. The van der Waals surface area contributed by atoms with Crippen molar-refractivity contribution in [2.75, 3.05) is 6.54 Å². The Kier molecular flexibility index (Phi) is 3.43. The monoisotopic (exact) mass is 315 g/mol. The molecule has 1 aromatic carbocycles. The summed E-state index contributed by atoms with van der Waals surface area (Å²) in [7, 11) is -3.32. The maximum Gasteiger partial charge on any atom is 0.205 e. The quantitative estimate of drug-likeness (QED) is 0.932. The molecular formula is C12H14BrNO2S. The van der Waals surface area contributed by atoms with E-state index in [0.29, 0.717) is 20.8 Å². The first-order chi connectivity index (χ1) is 7.93. The van der Waals surface area contributed by atoms with E-state index >= 15 is 0 Å². The van der Waals surface area contributed by atoms with Crippen molar-refractivity contribution in [2.45, 2.75) is 24.8 Å². The highest BCUT2D eigenvalue weighted by Crippen LogP contribution is 2.37. The van der Waals surface area contributed by atoms with Gasteiger partial charge < -0.3 is 5.32 Å². The van der Waals surface area contributed by atoms with Crippen molar-refractivity contribution in [3.63, 3.8) is 0 Å². The van der Waals surface area contributed by atoms with Gasteiger partial charge in [-0.3, -0.25) is 0 Å². The molecule has 0 radical (unpaired) electrons. The molecule has 0 unspecified atom stereocenters.